The molecule has 0 saturated carbocycles. The van der Waals surface area contributed by atoms with Gasteiger partial charge < -0.3 is 0 Å². The Bertz CT molecular complexity index is 370. The molecule has 0 aromatic heterocycles. The van der Waals surface area contributed by atoms with E-state index in [1.807, 2.05) is 13.8 Å². The van der Waals surface area contributed by atoms with Gasteiger partial charge in [0.15, 0.2) is 5.78 Å². The van der Waals surface area contributed by atoms with E-state index in [2.05, 4.69) is 0 Å². The molecule has 0 aliphatic heterocycles. The van der Waals surface area contributed by atoms with E-state index >= 15 is 0 Å². The van der Waals surface area contributed by atoms with Gasteiger partial charge in [-0.2, -0.15) is 0 Å². The van der Waals surface area contributed by atoms with E-state index in [9.17, 15) is 18.4 Å². The molecule has 0 N–H and O–H groups in total. The molecule has 0 atom stereocenters. The molecular weight excluding hydrogens is 250 g/mol. The number of halogens is 2. The normalized spacial score (nSPS) is 8.84. The molecule has 0 fully saturated rings. The van der Waals surface area contributed by atoms with Crippen molar-refractivity contribution in [1.29, 1.82) is 0 Å². The lowest BCUT2D eigenvalue weighted by atomic mass is 10.00. The number of alkyl halides is 1. The zero-order valence-electron chi connectivity index (χ0n) is 12.2. The van der Waals surface area contributed by atoms with Crippen molar-refractivity contribution in [3.63, 3.8) is 0 Å². The zero-order chi connectivity index (χ0) is 15.4. The van der Waals surface area contributed by atoms with Gasteiger partial charge in [-0.15, -0.1) is 0 Å². The molecule has 1 aromatic rings. The van der Waals surface area contributed by atoms with Crippen molar-refractivity contribution in [2.45, 2.75) is 34.1 Å². The molecule has 0 spiro atoms. The van der Waals surface area contributed by atoms with E-state index in [-0.39, 0.29) is 29.7 Å². The molecule has 1 aromatic carbocycles. The van der Waals surface area contributed by atoms with Gasteiger partial charge in [0.25, 0.3) is 0 Å². The van der Waals surface area contributed by atoms with E-state index in [1.165, 1.54) is 24.3 Å². The van der Waals surface area contributed by atoms with Crippen LogP contribution in [0, 0.1) is 11.7 Å². The Morgan fingerprint density at radius 1 is 1.05 bits per heavy atom. The van der Waals surface area contributed by atoms with Crippen molar-refractivity contribution < 1.29 is 18.4 Å². The third-order valence-corrected chi connectivity index (χ3v) is 2.14. The fraction of sp³-hybridized carbons (Fsp3) is 0.467. The summed E-state index contributed by atoms with van der Waals surface area (Å²) in [4.78, 5) is 22.8. The minimum absolute atomic E-state index is 0.0932. The first-order valence-corrected chi connectivity index (χ1v) is 6.20. The Hall–Kier alpha value is -1.58. The van der Waals surface area contributed by atoms with Gasteiger partial charge in [-0.05, 0) is 24.3 Å². The number of hydrogen-bond acceptors (Lipinski definition) is 2. The van der Waals surface area contributed by atoms with Gasteiger partial charge in [0.2, 0.25) is 0 Å². The molecule has 19 heavy (non-hydrogen) atoms. The number of carbonyl (C=O) groups is 2. The molecule has 2 nitrogen and oxygen atoms in total. The molecule has 1 rings (SSSR count). The predicted molar refractivity (Wildman–Crippen MR) is 73.6 cm³/mol. The van der Waals surface area contributed by atoms with Crippen molar-refractivity contribution in [2.24, 2.45) is 5.92 Å². The quantitative estimate of drug-likeness (QED) is 0.607. The van der Waals surface area contributed by atoms with Gasteiger partial charge in [-0.25, -0.2) is 4.39 Å². The van der Waals surface area contributed by atoms with E-state index in [4.69, 9.17) is 0 Å². The highest BCUT2D eigenvalue weighted by Crippen LogP contribution is 2.08. The van der Waals surface area contributed by atoms with Crippen LogP contribution in [0.1, 0.15) is 44.5 Å². The topological polar surface area (TPSA) is 34.1 Å². The molecule has 4 heteroatoms. The summed E-state index contributed by atoms with van der Waals surface area (Å²) in [5.41, 5.74) is 0.380. The molecular formula is C15H22F2O2. The van der Waals surface area contributed by atoms with Crippen LogP contribution in [0.15, 0.2) is 24.3 Å². The first-order valence-electron chi connectivity index (χ1n) is 6.20. The number of benzene rings is 1. The Morgan fingerprint density at radius 2 is 1.47 bits per heavy atom. The van der Waals surface area contributed by atoms with Gasteiger partial charge in [0, 0.05) is 11.5 Å². The summed E-state index contributed by atoms with van der Waals surface area (Å²) in [5, 5.41) is 0. The maximum absolute atomic E-state index is 12.6. The van der Waals surface area contributed by atoms with E-state index in [0.717, 1.165) is 0 Å². The van der Waals surface area contributed by atoms with Crippen molar-refractivity contribution in [2.75, 3.05) is 7.18 Å². The molecule has 0 heterocycles. The first-order chi connectivity index (χ1) is 9.00. The highest BCUT2D eigenvalue weighted by molar-refractivity contribution is 6.08. The Morgan fingerprint density at radius 3 is 1.84 bits per heavy atom. The summed E-state index contributed by atoms with van der Waals surface area (Å²) in [5.74, 6) is -0.880. The maximum atomic E-state index is 12.6. The van der Waals surface area contributed by atoms with Gasteiger partial charge in [0.1, 0.15) is 11.6 Å². The first kappa shape index (κ1) is 19.8. The van der Waals surface area contributed by atoms with Crippen molar-refractivity contribution in [3.8, 4) is 0 Å². The molecule has 0 bridgehead atoms. The Balaban J connectivity index is 0. The van der Waals surface area contributed by atoms with Crippen LogP contribution >= 0.6 is 0 Å². The summed E-state index contributed by atoms with van der Waals surface area (Å²) in [6.45, 7) is 7.50. The van der Waals surface area contributed by atoms with Crippen LogP contribution in [-0.2, 0) is 4.79 Å². The number of hydrogen-bond donors (Lipinski definition) is 0. The van der Waals surface area contributed by atoms with E-state index < -0.39 is 0 Å². The monoisotopic (exact) mass is 272 g/mol. The molecule has 0 aliphatic carbocycles. The average Bonchev–Trinajstić information content (AvgIpc) is 2.43. The summed E-state index contributed by atoms with van der Waals surface area (Å²) in [6.07, 6.45) is -0.108. The summed E-state index contributed by atoms with van der Waals surface area (Å²) in [6, 6.07) is 5.22. The third kappa shape index (κ3) is 8.19. The van der Waals surface area contributed by atoms with Crippen molar-refractivity contribution >= 4 is 11.6 Å². The van der Waals surface area contributed by atoms with Crippen LogP contribution in [0.25, 0.3) is 0 Å². The molecule has 0 radical (unpaired) electrons. The molecule has 0 unspecified atom stereocenters. The zero-order valence-corrected chi connectivity index (χ0v) is 12.2. The highest BCUT2D eigenvalue weighted by atomic mass is 19.1. The third-order valence-electron chi connectivity index (χ3n) is 2.14. The second-order valence-corrected chi connectivity index (χ2v) is 3.73. The molecule has 0 saturated heterocycles. The predicted octanol–water partition coefficient (Wildman–Crippen LogP) is 4.24. The highest BCUT2D eigenvalue weighted by Gasteiger charge is 2.14. The largest absolute Gasteiger partial charge is 0.299 e. The SMILES string of the molecule is CC.CC(C)C(=O)CC(=O)c1ccc(F)cc1.CF. The number of carbonyl (C=O) groups excluding carboxylic acids is 2. The summed E-state index contributed by atoms with van der Waals surface area (Å²) < 4.78 is 22.1. The van der Waals surface area contributed by atoms with Crippen LogP contribution in [0.5, 0.6) is 0 Å². The van der Waals surface area contributed by atoms with Crippen LogP contribution in [-0.4, -0.2) is 18.7 Å². The van der Waals surface area contributed by atoms with E-state index in [1.54, 1.807) is 13.8 Å². The second-order valence-electron chi connectivity index (χ2n) is 3.73. The fourth-order valence-corrected chi connectivity index (χ4v) is 1.10. The van der Waals surface area contributed by atoms with Gasteiger partial charge in [-0.3, -0.25) is 14.0 Å². The molecule has 108 valence electrons. The summed E-state index contributed by atoms with van der Waals surface area (Å²) in [7, 11) is 0.500. The van der Waals surface area contributed by atoms with Gasteiger partial charge in [-0.1, -0.05) is 27.7 Å². The molecule has 0 aliphatic rings. The lowest BCUT2D eigenvalue weighted by Gasteiger charge is -2.03. The number of ketones is 2. The smallest absolute Gasteiger partial charge is 0.170 e. The maximum Gasteiger partial charge on any atom is 0.170 e. The standard InChI is InChI=1S/C12H13FO2.C2H6.CH3F/c1-8(2)11(14)7-12(15)9-3-5-10(13)6-4-9;2*1-2/h3-6,8H,7H2,1-2H3;1-2H3;1H3. The van der Waals surface area contributed by atoms with E-state index in [0.29, 0.717) is 12.7 Å². The lowest BCUT2D eigenvalue weighted by molar-refractivity contribution is -0.121. The second kappa shape index (κ2) is 11.5. The van der Waals surface area contributed by atoms with Gasteiger partial charge >= 0.3 is 0 Å². The number of Topliss-reactive ketones (excluding diaryl/α,β-unsaturated/α-hetero) is 2. The van der Waals surface area contributed by atoms with Crippen LogP contribution in [0.4, 0.5) is 8.78 Å². The summed E-state index contributed by atoms with van der Waals surface area (Å²) >= 11 is 0. The van der Waals surface area contributed by atoms with Crippen LogP contribution < -0.4 is 0 Å². The Labute approximate surface area is 113 Å². The fourth-order valence-electron chi connectivity index (χ4n) is 1.10. The number of rotatable bonds is 4. The Kier molecular flexibility index (Phi) is 12.0. The van der Waals surface area contributed by atoms with Crippen LogP contribution in [0.2, 0.25) is 0 Å². The van der Waals surface area contributed by atoms with Crippen molar-refractivity contribution in [3.05, 3.63) is 35.6 Å². The average molecular weight is 272 g/mol. The van der Waals surface area contributed by atoms with Gasteiger partial charge in [0.05, 0.1) is 13.6 Å². The van der Waals surface area contributed by atoms with Crippen LogP contribution in [0.3, 0.4) is 0 Å². The lowest BCUT2D eigenvalue weighted by Crippen LogP contribution is -2.13. The minimum Gasteiger partial charge on any atom is -0.299 e. The minimum atomic E-state index is -0.387. The van der Waals surface area contributed by atoms with Crippen molar-refractivity contribution in [1.82, 2.24) is 0 Å². The molecule has 0 amide bonds.